The molecule has 0 aromatic carbocycles. The molecule has 0 fully saturated rings. The van der Waals surface area contributed by atoms with Crippen LogP contribution in [-0.2, 0) is 0 Å². The van der Waals surface area contributed by atoms with Gasteiger partial charge in [-0.25, -0.2) is 4.98 Å². The number of amidine groups is 1. The smallest absolute Gasteiger partial charge is 0.264 e. The van der Waals surface area contributed by atoms with Crippen LogP contribution in [0.2, 0.25) is 0 Å². The largest absolute Gasteiger partial charge is 0.383 e. The Morgan fingerprint density at radius 3 is 2.64 bits per heavy atom. The Morgan fingerprint density at radius 1 is 1.64 bits per heavy atom. The van der Waals surface area contributed by atoms with Crippen LogP contribution in [0.1, 0.15) is 31.3 Å². The first-order valence-electron chi connectivity index (χ1n) is 4.37. The van der Waals surface area contributed by atoms with E-state index >= 15 is 0 Å². The van der Waals surface area contributed by atoms with E-state index in [1.807, 2.05) is 13.8 Å². The maximum Gasteiger partial charge on any atom is 0.264 e. The molecule has 5 heteroatoms. The molecule has 5 nitrogen and oxygen atoms in total. The summed E-state index contributed by atoms with van der Waals surface area (Å²) in [6.07, 6.45) is 1.35. The fourth-order valence-electron chi connectivity index (χ4n) is 1.35. The van der Waals surface area contributed by atoms with E-state index < -0.39 is 0 Å². The zero-order valence-electron chi connectivity index (χ0n) is 8.53. The summed E-state index contributed by atoms with van der Waals surface area (Å²) >= 11 is 0. The van der Waals surface area contributed by atoms with Crippen molar-refractivity contribution in [2.45, 2.75) is 26.8 Å². The summed E-state index contributed by atoms with van der Waals surface area (Å²) in [5, 5.41) is 7.21. The number of aryl methyl sites for hydroxylation is 1. The molecule has 1 rings (SSSR count). The lowest BCUT2D eigenvalue weighted by atomic mass is 10.2. The minimum atomic E-state index is -0.250. The van der Waals surface area contributed by atoms with Crippen LogP contribution in [0.4, 0.5) is 0 Å². The molecular formula is C9H14N4O. The number of hydrogen-bond acceptors (Lipinski definition) is 3. The quantitative estimate of drug-likeness (QED) is 0.528. The van der Waals surface area contributed by atoms with Gasteiger partial charge in [-0.2, -0.15) is 0 Å². The van der Waals surface area contributed by atoms with Crippen molar-refractivity contribution in [3.63, 3.8) is 0 Å². The van der Waals surface area contributed by atoms with E-state index in [0.29, 0.717) is 5.82 Å². The molecule has 1 aromatic heterocycles. The minimum Gasteiger partial charge on any atom is -0.383 e. The van der Waals surface area contributed by atoms with Gasteiger partial charge >= 0.3 is 0 Å². The van der Waals surface area contributed by atoms with Crippen molar-refractivity contribution < 1.29 is 0 Å². The highest BCUT2D eigenvalue weighted by Gasteiger charge is 2.11. The molecule has 3 N–H and O–H groups in total. The van der Waals surface area contributed by atoms with Crippen molar-refractivity contribution in [2.24, 2.45) is 5.73 Å². The van der Waals surface area contributed by atoms with E-state index in [1.165, 1.54) is 10.8 Å². The van der Waals surface area contributed by atoms with Gasteiger partial charge in [-0.1, -0.05) is 0 Å². The van der Waals surface area contributed by atoms with Gasteiger partial charge in [-0.05, 0) is 20.8 Å². The summed E-state index contributed by atoms with van der Waals surface area (Å²) < 4.78 is 1.52. The fourth-order valence-corrected chi connectivity index (χ4v) is 1.35. The molecule has 0 spiro atoms. The zero-order valence-corrected chi connectivity index (χ0v) is 8.53. The molecule has 0 aliphatic carbocycles. The third-order valence-corrected chi connectivity index (χ3v) is 1.98. The normalized spacial score (nSPS) is 10.6. The number of nitrogen functional groups attached to an aromatic ring is 1. The highest BCUT2D eigenvalue weighted by Crippen LogP contribution is 2.03. The fraction of sp³-hybridized carbons (Fsp3) is 0.444. The molecule has 0 aliphatic heterocycles. The first kappa shape index (κ1) is 10.4. The van der Waals surface area contributed by atoms with Crippen LogP contribution in [0.3, 0.4) is 0 Å². The highest BCUT2D eigenvalue weighted by molar-refractivity contribution is 5.94. The molecule has 0 unspecified atom stereocenters. The molecule has 76 valence electrons. The standard InChI is InChI=1S/C9H14N4O/c1-5(2)13-6(3)12-4-7(8(10)11)9(13)14/h4-5H,1-3H3,(H3,10,11). The van der Waals surface area contributed by atoms with E-state index in [1.54, 1.807) is 6.92 Å². The molecule has 0 saturated carbocycles. The van der Waals surface area contributed by atoms with Crippen LogP contribution in [0.25, 0.3) is 0 Å². The number of aromatic nitrogens is 2. The van der Waals surface area contributed by atoms with Crippen LogP contribution < -0.4 is 11.3 Å². The maximum absolute atomic E-state index is 11.8. The molecule has 0 atom stereocenters. The van der Waals surface area contributed by atoms with Crippen molar-refractivity contribution in [2.75, 3.05) is 0 Å². The number of nitrogens with two attached hydrogens (primary N) is 1. The lowest BCUT2D eigenvalue weighted by Crippen LogP contribution is -2.32. The summed E-state index contributed by atoms with van der Waals surface area (Å²) in [4.78, 5) is 15.8. The summed E-state index contributed by atoms with van der Waals surface area (Å²) in [6, 6.07) is 0.0225. The van der Waals surface area contributed by atoms with Crippen molar-refractivity contribution in [1.82, 2.24) is 9.55 Å². The third kappa shape index (κ3) is 1.66. The SMILES string of the molecule is Cc1ncc(C(=N)N)c(=O)n1C(C)C. The van der Waals surface area contributed by atoms with E-state index in [2.05, 4.69) is 4.98 Å². The number of rotatable bonds is 2. The van der Waals surface area contributed by atoms with Gasteiger partial charge in [0.25, 0.3) is 5.56 Å². The maximum atomic E-state index is 11.8. The predicted octanol–water partition coefficient (Wildman–Crippen LogP) is 0.417. The molecule has 14 heavy (non-hydrogen) atoms. The van der Waals surface area contributed by atoms with Crippen molar-refractivity contribution in [1.29, 1.82) is 5.41 Å². The molecule has 1 aromatic rings. The summed E-state index contributed by atoms with van der Waals surface area (Å²) in [5.41, 5.74) is 5.17. The Morgan fingerprint density at radius 2 is 2.21 bits per heavy atom. The predicted molar refractivity (Wildman–Crippen MR) is 54.6 cm³/mol. The Bertz CT molecular complexity index is 419. The summed E-state index contributed by atoms with van der Waals surface area (Å²) in [7, 11) is 0. The molecule has 0 radical (unpaired) electrons. The Kier molecular flexibility index (Phi) is 2.69. The number of nitrogens with zero attached hydrogens (tertiary/aromatic N) is 2. The summed E-state index contributed by atoms with van der Waals surface area (Å²) in [5.74, 6) is 0.395. The third-order valence-electron chi connectivity index (χ3n) is 1.98. The van der Waals surface area contributed by atoms with Gasteiger partial charge < -0.3 is 5.73 Å². The highest BCUT2D eigenvalue weighted by atomic mass is 16.1. The van der Waals surface area contributed by atoms with Gasteiger partial charge in [-0.15, -0.1) is 0 Å². The van der Waals surface area contributed by atoms with Gasteiger partial charge in [0.05, 0.1) is 5.56 Å². The van der Waals surface area contributed by atoms with E-state index in [9.17, 15) is 4.79 Å². The van der Waals surface area contributed by atoms with Crippen LogP contribution in [0.5, 0.6) is 0 Å². The van der Waals surface area contributed by atoms with E-state index in [-0.39, 0.29) is 23.0 Å². The molecule has 0 saturated heterocycles. The molecule has 0 bridgehead atoms. The van der Waals surface area contributed by atoms with Gasteiger partial charge in [-0.3, -0.25) is 14.8 Å². The monoisotopic (exact) mass is 194 g/mol. The van der Waals surface area contributed by atoms with Crippen LogP contribution in [-0.4, -0.2) is 15.4 Å². The number of hydrogen-bond donors (Lipinski definition) is 2. The zero-order chi connectivity index (χ0) is 10.9. The lowest BCUT2D eigenvalue weighted by Gasteiger charge is -2.13. The minimum absolute atomic E-state index is 0.0225. The average molecular weight is 194 g/mol. The van der Waals surface area contributed by atoms with Crippen molar-refractivity contribution >= 4 is 5.84 Å². The number of nitrogens with one attached hydrogen (secondary N) is 1. The first-order chi connectivity index (χ1) is 6.45. The van der Waals surface area contributed by atoms with Crippen LogP contribution in [0, 0.1) is 12.3 Å². The van der Waals surface area contributed by atoms with Gasteiger partial charge in [0, 0.05) is 12.2 Å². The Hall–Kier alpha value is -1.65. The first-order valence-corrected chi connectivity index (χ1v) is 4.37. The van der Waals surface area contributed by atoms with Crippen molar-refractivity contribution in [3.05, 3.63) is 27.9 Å². The van der Waals surface area contributed by atoms with Crippen LogP contribution >= 0.6 is 0 Å². The second-order valence-corrected chi connectivity index (χ2v) is 3.40. The molecule has 0 aliphatic rings. The average Bonchev–Trinajstić information content (AvgIpc) is 2.02. The molecular weight excluding hydrogens is 180 g/mol. The van der Waals surface area contributed by atoms with Gasteiger partial charge in [0.1, 0.15) is 11.7 Å². The Labute approximate surface area is 82.1 Å². The van der Waals surface area contributed by atoms with E-state index in [4.69, 9.17) is 11.1 Å². The molecule has 0 amide bonds. The van der Waals surface area contributed by atoms with Crippen LogP contribution in [0.15, 0.2) is 11.0 Å². The van der Waals surface area contributed by atoms with Gasteiger partial charge in [0.2, 0.25) is 0 Å². The van der Waals surface area contributed by atoms with Gasteiger partial charge in [0.15, 0.2) is 0 Å². The summed E-state index contributed by atoms with van der Waals surface area (Å²) in [6.45, 7) is 5.53. The Balaban J connectivity index is 3.50. The topological polar surface area (TPSA) is 84.8 Å². The van der Waals surface area contributed by atoms with Crippen molar-refractivity contribution in [3.8, 4) is 0 Å². The second kappa shape index (κ2) is 3.61. The molecule has 1 heterocycles. The second-order valence-electron chi connectivity index (χ2n) is 3.40. The van der Waals surface area contributed by atoms with E-state index in [0.717, 1.165) is 0 Å². The lowest BCUT2D eigenvalue weighted by molar-refractivity contribution is 0.547.